The van der Waals surface area contributed by atoms with Crippen LogP contribution < -0.4 is 14.8 Å². The topological polar surface area (TPSA) is 73.9 Å². The minimum Gasteiger partial charge on any atom is -0.486 e. The van der Waals surface area contributed by atoms with E-state index in [-0.39, 0.29) is 12.3 Å². The molecule has 0 unspecified atom stereocenters. The van der Waals surface area contributed by atoms with Gasteiger partial charge in [0.1, 0.15) is 13.2 Å². The van der Waals surface area contributed by atoms with Crippen LogP contribution in [0.15, 0.2) is 72.8 Å². The normalized spacial score (nSPS) is 13.2. The number of benzene rings is 3. The second-order valence-electron chi connectivity index (χ2n) is 7.19. The zero-order valence-corrected chi connectivity index (χ0v) is 17.2. The molecular weight excluding hydrogens is 394 g/mol. The van der Waals surface area contributed by atoms with Crippen LogP contribution in [0.3, 0.4) is 0 Å². The summed E-state index contributed by atoms with van der Waals surface area (Å²) in [6.07, 6.45) is -0.900. The maximum absolute atomic E-state index is 12.7. The first-order valence-corrected chi connectivity index (χ1v) is 10.1. The van der Waals surface area contributed by atoms with Crippen LogP contribution in [-0.4, -0.2) is 31.2 Å². The van der Waals surface area contributed by atoms with Crippen LogP contribution in [0, 0.1) is 0 Å². The number of fused-ring (bicyclic) bond motifs is 1. The van der Waals surface area contributed by atoms with E-state index in [2.05, 4.69) is 5.32 Å². The van der Waals surface area contributed by atoms with E-state index in [1.54, 1.807) is 25.1 Å². The van der Waals surface area contributed by atoms with Gasteiger partial charge in [0.2, 0.25) is 0 Å². The predicted molar refractivity (Wildman–Crippen MR) is 117 cm³/mol. The van der Waals surface area contributed by atoms with E-state index in [9.17, 15) is 9.59 Å². The molecule has 3 aromatic carbocycles. The summed E-state index contributed by atoms with van der Waals surface area (Å²) in [6.45, 7) is 2.54. The molecule has 0 saturated carbocycles. The van der Waals surface area contributed by atoms with E-state index >= 15 is 0 Å². The molecule has 6 nitrogen and oxygen atoms in total. The molecule has 4 rings (SSSR count). The highest BCUT2D eigenvalue weighted by atomic mass is 16.6. The molecule has 0 radical (unpaired) electrons. The maximum Gasteiger partial charge on any atom is 0.311 e. The van der Waals surface area contributed by atoms with Crippen LogP contribution in [0.1, 0.15) is 12.5 Å². The molecule has 6 heteroatoms. The maximum atomic E-state index is 12.7. The zero-order chi connectivity index (χ0) is 21.6. The van der Waals surface area contributed by atoms with E-state index < -0.39 is 12.1 Å². The summed E-state index contributed by atoms with van der Waals surface area (Å²) in [4.78, 5) is 25.0. The summed E-state index contributed by atoms with van der Waals surface area (Å²) >= 11 is 0. The van der Waals surface area contributed by atoms with Crippen LogP contribution in [0.4, 0.5) is 5.69 Å². The third-order valence-corrected chi connectivity index (χ3v) is 4.90. The molecule has 0 bridgehead atoms. The summed E-state index contributed by atoms with van der Waals surface area (Å²) in [5.41, 5.74) is 3.28. The Kier molecular flexibility index (Phi) is 6.17. The molecule has 0 fully saturated rings. The van der Waals surface area contributed by atoms with Crippen molar-refractivity contribution in [3.8, 4) is 22.6 Å². The Morgan fingerprint density at radius 3 is 2.45 bits per heavy atom. The standard InChI is InChI=1S/C25H23NO5/c1-17(31-24(27)16-18-11-12-22-23(15-18)30-14-13-29-22)25(28)26-21-10-6-5-9-20(21)19-7-3-2-4-8-19/h2-12,15,17H,13-14,16H2,1H3,(H,26,28)/t17-/m1/s1. The second-order valence-corrected chi connectivity index (χ2v) is 7.19. The third-order valence-electron chi connectivity index (χ3n) is 4.90. The van der Waals surface area contributed by atoms with Gasteiger partial charge in [-0.15, -0.1) is 0 Å². The van der Waals surface area contributed by atoms with E-state index in [4.69, 9.17) is 14.2 Å². The molecule has 0 saturated heterocycles. The number of carbonyl (C=O) groups excluding carboxylic acids is 2. The van der Waals surface area contributed by atoms with Crippen LogP contribution in [0.25, 0.3) is 11.1 Å². The van der Waals surface area contributed by atoms with Gasteiger partial charge in [-0.3, -0.25) is 9.59 Å². The molecule has 1 aliphatic rings. The highest BCUT2D eigenvalue weighted by Gasteiger charge is 2.20. The predicted octanol–water partition coefficient (Wildman–Crippen LogP) is 4.24. The number of rotatable bonds is 6. The van der Waals surface area contributed by atoms with E-state index in [1.807, 2.05) is 54.6 Å². The highest BCUT2D eigenvalue weighted by molar-refractivity contribution is 5.98. The summed E-state index contributed by atoms with van der Waals surface area (Å²) in [5.74, 6) is 0.391. The largest absolute Gasteiger partial charge is 0.486 e. The van der Waals surface area contributed by atoms with Gasteiger partial charge >= 0.3 is 5.97 Å². The van der Waals surface area contributed by atoms with Crippen molar-refractivity contribution in [2.45, 2.75) is 19.4 Å². The molecule has 1 atom stereocenters. The Morgan fingerprint density at radius 2 is 1.65 bits per heavy atom. The van der Waals surface area contributed by atoms with Crippen molar-refractivity contribution in [3.63, 3.8) is 0 Å². The van der Waals surface area contributed by atoms with Gasteiger partial charge in [-0.2, -0.15) is 0 Å². The molecule has 0 spiro atoms. The number of nitrogens with one attached hydrogen (secondary N) is 1. The first-order valence-electron chi connectivity index (χ1n) is 10.1. The van der Waals surface area contributed by atoms with Gasteiger partial charge in [-0.1, -0.05) is 54.6 Å². The lowest BCUT2D eigenvalue weighted by molar-refractivity contribution is -0.152. The highest BCUT2D eigenvalue weighted by Crippen LogP contribution is 2.31. The number of hydrogen-bond acceptors (Lipinski definition) is 5. The Balaban J connectivity index is 1.38. The van der Waals surface area contributed by atoms with Gasteiger partial charge < -0.3 is 19.5 Å². The third kappa shape index (κ3) is 5.04. The quantitative estimate of drug-likeness (QED) is 0.608. The monoisotopic (exact) mass is 417 g/mol. The number of amides is 1. The van der Waals surface area contributed by atoms with Gasteiger partial charge in [-0.25, -0.2) is 0 Å². The molecule has 1 aliphatic heterocycles. The van der Waals surface area contributed by atoms with Crippen molar-refractivity contribution in [2.24, 2.45) is 0 Å². The summed E-state index contributed by atoms with van der Waals surface area (Å²) < 4.78 is 16.4. The minimum atomic E-state index is -0.937. The molecule has 1 amide bonds. The number of para-hydroxylation sites is 1. The Bertz CT molecular complexity index is 1080. The smallest absolute Gasteiger partial charge is 0.311 e. The Hall–Kier alpha value is -3.80. The van der Waals surface area contributed by atoms with Crippen molar-refractivity contribution in [1.82, 2.24) is 0 Å². The van der Waals surface area contributed by atoms with Crippen molar-refractivity contribution in [2.75, 3.05) is 18.5 Å². The van der Waals surface area contributed by atoms with Crippen molar-refractivity contribution in [1.29, 1.82) is 0 Å². The van der Waals surface area contributed by atoms with E-state index in [0.717, 1.165) is 16.7 Å². The lowest BCUT2D eigenvalue weighted by atomic mass is 10.0. The number of carbonyl (C=O) groups is 2. The van der Waals surface area contributed by atoms with Gasteiger partial charge in [0.15, 0.2) is 17.6 Å². The number of hydrogen-bond donors (Lipinski definition) is 1. The van der Waals surface area contributed by atoms with Crippen LogP contribution in [-0.2, 0) is 20.7 Å². The van der Waals surface area contributed by atoms with E-state index in [1.165, 1.54) is 0 Å². The average Bonchev–Trinajstić information content (AvgIpc) is 2.80. The molecule has 158 valence electrons. The Labute approximate surface area is 180 Å². The molecule has 0 aliphatic carbocycles. The molecule has 3 aromatic rings. The fourth-order valence-electron chi connectivity index (χ4n) is 3.35. The SMILES string of the molecule is C[C@@H](OC(=O)Cc1ccc2c(c1)OCCO2)C(=O)Nc1ccccc1-c1ccccc1. The number of esters is 1. The van der Waals surface area contributed by atoms with Crippen LogP contribution >= 0.6 is 0 Å². The number of anilines is 1. The molecular formula is C25H23NO5. The van der Waals surface area contributed by atoms with E-state index in [0.29, 0.717) is 30.4 Å². The summed E-state index contributed by atoms with van der Waals surface area (Å²) in [5, 5.41) is 2.87. The summed E-state index contributed by atoms with van der Waals surface area (Å²) in [6, 6.07) is 22.6. The Morgan fingerprint density at radius 1 is 0.935 bits per heavy atom. The molecule has 0 aromatic heterocycles. The van der Waals surface area contributed by atoms with Crippen molar-refractivity contribution < 1.29 is 23.8 Å². The molecule has 31 heavy (non-hydrogen) atoms. The fraction of sp³-hybridized carbons (Fsp3) is 0.200. The average molecular weight is 417 g/mol. The van der Waals surface area contributed by atoms with Crippen molar-refractivity contribution >= 4 is 17.6 Å². The second kappa shape index (κ2) is 9.34. The molecule has 1 heterocycles. The lowest BCUT2D eigenvalue weighted by Gasteiger charge is -2.19. The van der Waals surface area contributed by atoms with Crippen LogP contribution in [0.5, 0.6) is 11.5 Å². The van der Waals surface area contributed by atoms with Gasteiger partial charge in [-0.05, 0) is 36.2 Å². The minimum absolute atomic E-state index is 0.0366. The van der Waals surface area contributed by atoms with Gasteiger partial charge in [0, 0.05) is 11.3 Å². The van der Waals surface area contributed by atoms with Gasteiger partial charge in [0.05, 0.1) is 6.42 Å². The number of ether oxygens (including phenoxy) is 3. The molecule has 1 N–H and O–H groups in total. The summed E-state index contributed by atoms with van der Waals surface area (Å²) in [7, 11) is 0. The van der Waals surface area contributed by atoms with Crippen LogP contribution in [0.2, 0.25) is 0 Å². The fourth-order valence-corrected chi connectivity index (χ4v) is 3.35. The lowest BCUT2D eigenvalue weighted by Crippen LogP contribution is -2.30. The van der Waals surface area contributed by atoms with Crippen molar-refractivity contribution in [3.05, 3.63) is 78.4 Å². The zero-order valence-electron chi connectivity index (χ0n) is 17.2. The first kappa shape index (κ1) is 20.5. The van der Waals surface area contributed by atoms with Gasteiger partial charge in [0.25, 0.3) is 5.91 Å². The first-order chi connectivity index (χ1) is 15.1.